The highest BCUT2D eigenvalue weighted by Crippen LogP contribution is 2.24. The third kappa shape index (κ3) is 3.40. The maximum atomic E-state index is 13.4. The van der Waals surface area contributed by atoms with E-state index < -0.39 is 12.0 Å². The molecule has 0 aliphatic carbocycles. The van der Waals surface area contributed by atoms with E-state index >= 15 is 0 Å². The number of ether oxygens (including phenoxy) is 1. The van der Waals surface area contributed by atoms with E-state index in [0.717, 1.165) is 11.3 Å². The zero-order chi connectivity index (χ0) is 15.4. The molecule has 0 amide bonds. The number of halogens is 1. The maximum Gasteiger partial charge on any atom is 0.332 e. The predicted molar refractivity (Wildman–Crippen MR) is 80.7 cm³/mol. The Morgan fingerprint density at radius 1 is 1.14 bits per heavy atom. The Kier molecular flexibility index (Phi) is 4.58. The van der Waals surface area contributed by atoms with Gasteiger partial charge in [0, 0.05) is 5.69 Å². The first-order chi connectivity index (χ1) is 10.0. The van der Waals surface area contributed by atoms with Gasteiger partial charge in [-0.05, 0) is 42.7 Å². The third-order valence-corrected chi connectivity index (χ3v) is 3.40. The smallest absolute Gasteiger partial charge is 0.332 e. The molecule has 0 saturated carbocycles. The number of hydrogen-bond donors (Lipinski definition) is 1. The zero-order valence-electron chi connectivity index (χ0n) is 12.3. The molecule has 2 rings (SSSR count). The molecule has 0 spiro atoms. The van der Waals surface area contributed by atoms with Crippen LogP contribution in [0, 0.1) is 19.7 Å². The molecule has 0 fully saturated rings. The first kappa shape index (κ1) is 15.0. The predicted octanol–water partition coefficient (Wildman–Crippen LogP) is 3.77. The van der Waals surface area contributed by atoms with E-state index in [-0.39, 0.29) is 5.82 Å². The fraction of sp³-hybridized carbons (Fsp3) is 0.235. The minimum absolute atomic E-state index is 0.293. The lowest BCUT2D eigenvalue weighted by Crippen LogP contribution is -2.23. The highest BCUT2D eigenvalue weighted by Gasteiger charge is 2.22. The minimum Gasteiger partial charge on any atom is -0.467 e. The number of aryl methyl sites for hydroxylation is 2. The molecule has 0 aliphatic rings. The van der Waals surface area contributed by atoms with Crippen molar-refractivity contribution in [3.05, 3.63) is 65.0 Å². The Balaban J connectivity index is 2.37. The van der Waals surface area contributed by atoms with Crippen LogP contribution in [-0.2, 0) is 9.53 Å². The molecule has 0 aliphatic heterocycles. The molecule has 0 saturated heterocycles. The van der Waals surface area contributed by atoms with E-state index in [0.29, 0.717) is 11.1 Å². The van der Waals surface area contributed by atoms with Crippen molar-refractivity contribution in [2.75, 3.05) is 12.4 Å². The van der Waals surface area contributed by atoms with E-state index in [1.54, 1.807) is 19.1 Å². The Morgan fingerprint density at radius 3 is 2.48 bits per heavy atom. The highest BCUT2D eigenvalue weighted by molar-refractivity contribution is 5.81. The van der Waals surface area contributed by atoms with Crippen LogP contribution in [0.15, 0.2) is 42.5 Å². The van der Waals surface area contributed by atoms with Gasteiger partial charge in [0.25, 0.3) is 0 Å². The molecule has 0 bridgehead atoms. The van der Waals surface area contributed by atoms with Gasteiger partial charge in [0.2, 0.25) is 0 Å². The summed E-state index contributed by atoms with van der Waals surface area (Å²) in [5.74, 6) is -0.706. The second kappa shape index (κ2) is 6.39. The number of hydrogen-bond acceptors (Lipinski definition) is 3. The summed E-state index contributed by atoms with van der Waals surface area (Å²) in [7, 11) is 1.34. The first-order valence-corrected chi connectivity index (χ1v) is 6.69. The topological polar surface area (TPSA) is 38.3 Å². The molecular weight excluding hydrogens is 269 g/mol. The highest BCUT2D eigenvalue weighted by atomic mass is 19.1. The van der Waals surface area contributed by atoms with E-state index in [4.69, 9.17) is 4.74 Å². The second-order valence-electron chi connectivity index (χ2n) is 4.92. The molecule has 1 atom stereocenters. The standard InChI is InChI=1S/C17H18FNO2/c1-11-6-4-5-7-15(11)19-16(17(20)21-3)13-8-9-14(18)12(2)10-13/h4-10,16,19H,1-3H3. The van der Waals surface area contributed by atoms with Crippen molar-refractivity contribution in [2.45, 2.75) is 19.9 Å². The Morgan fingerprint density at radius 2 is 1.86 bits per heavy atom. The summed E-state index contributed by atoms with van der Waals surface area (Å²) in [5.41, 5.74) is 3.03. The normalized spacial score (nSPS) is 11.8. The average molecular weight is 287 g/mol. The number of para-hydroxylation sites is 1. The van der Waals surface area contributed by atoms with Crippen LogP contribution in [0.3, 0.4) is 0 Å². The summed E-state index contributed by atoms with van der Waals surface area (Å²) in [6.07, 6.45) is 0. The summed E-state index contributed by atoms with van der Waals surface area (Å²) in [6, 6.07) is 11.6. The van der Waals surface area contributed by atoms with Crippen LogP contribution in [-0.4, -0.2) is 13.1 Å². The molecule has 21 heavy (non-hydrogen) atoms. The van der Waals surface area contributed by atoms with Crippen LogP contribution in [0.25, 0.3) is 0 Å². The van der Waals surface area contributed by atoms with Crippen molar-refractivity contribution in [1.82, 2.24) is 0 Å². The van der Waals surface area contributed by atoms with Gasteiger partial charge in [0.05, 0.1) is 7.11 Å². The molecule has 110 valence electrons. The number of nitrogens with one attached hydrogen (secondary N) is 1. The van der Waals surface area contributed by atoms with Gasteiger partial charge in [-0.15, -0.1) is 0 Å². The lowest BCUT2D eigenvalue weighted by molar-refractivity contribution is -0.141. The molecule has 0 radical (unpaired) electrons. The van der Waals surface area contributed by atoms with Crippen molar-refractivity contribution < 1.29 is 13.9 Å². The number of rotatable bonds is 4. The molecular formula is C17H18FNO2. The van der Waals surface area contributed by atoms with Crippen molar-refractivity contribution >= 4 is 11.7 Å². The number of carbonyl (C=O) groups excluding carboxylic acids is 1. The fourth-order valence-electron chi connectivity index (χ4n) is 2.13. The summed E-state index contributed by atoms with van der Waals surface area (Å²) < 4.78 is 18.3. The van der Waals surface area contributed by atoms with Crippen molar-refractivity contribution in [3.63, 3.8) is 0 Å². The van der Waals surface area contributed by atoms with Gasteiger partial charge >= 0.3 is 5.97 Å². The van der Waals surface area contributed by atoms with Crippen molar-refractivity contribution in [2.24, 2.45) is 0 Å². The van der Waals surface area contributed by atoms with Crippen LogP contribution in [0.1, 0.15) is 22.7 Å². The summed E-state index contributed by atoms with van der Waals surface area (Å²) in [4.78, 5) is 12.0. The van der Waals surface area contributed by atoms with Gasteiger partial charge < -0.3 is 10.1 Å². The van der Waals surface area contributed by atoms with Crippen LogP contribution < -0.4 is 5.32 Å². The number of carbonyl (C=O) groups is 1. The van der Waals surface area contributed by atoms with Gasteiger partial charge in [-0.1, -0.05) is 30.3 Å². The first-order valence-electron chi connectivity index (χ1n) is 6.69. The minimum atomic E-state index is -0.671. The molecule has 0 aromatic heterocycles. The quantitative estimate of drug-likeness (QED) is 0.870. The molecule has 2 aromatic carbocycles. The summed E-state index contributed by atoms with van der Waals surface area (Å²) >= 11 is 0. The maximum absolute atomic E-state index is 13.4. The fourth-order valence-corrected chi connectivity index (χ4v) is 2.13. The van der Waals surface area contributed by atoms with Crippen LogP contribution in [0.2, 0.25) is 0 Å². The third-order valence-electron chi connectivity index (χ3n) is 3.40. The second-order valence-corrected chi connectivity index (χ2v) is 4.92. The molecule has 1 unspecified atom stereocenters. The van der Waals surface area contributed by atoms with Crippen molar-refractivity contribution in [1.29, 1.82) is 0 Å². The summed E-state index contributed by atoms with van der Waals surface area (Å²) in [6.45, 7) is 3.62. The van der Waals surface area contributed by atoms with Crippen LogP contribution >= 0.6 is 0 Å². The largest absolute Gasteiger partial charge is 0.467 e. The van der Waals surface area contributed by atoms with Gasteiger partial charge in [0.15, 0.2) is 6.04 Å². The lowest BCUT2D eigenvalue weighted by atomic mass is 10.0. The Bertz CT molecular complexity index is 655. The van der Waals surface area contributed by atoms with Crippen molar-refractivity contribution in [3.8, 4) is 0 Å². The average Bonchev–Trinajstić information content (AvgIpc) is 2.48. The van der Waals surface area contributed by atoms with Crippen LogP contribution in [0.5, 0.6) is 0 Å². The monoisotopic (exact) mass is 287 g/mol. The van der Waals surface area contributed by atoms with E-state index in [1.807, 2.05) is 31.2 Å². The molecule has 3 nitrogen and oxygen atoms in total. The number of esters is 1. The number of benzene rings is 2. The zero-order valence-corrected chi connectivity index (χ0v) is 12.3. The number of anilines is 1. The van der Waals surface area contributed by atoms with Crippen LogP contribution in [0.4, 0.5) is 10.1 Å². The van der Waals surface area contributed by atoms with E-state index in [9.17, 15) is 9.18 Å². The molecule has 1 N–H and O–H groups in total. The van der Waals surface area contributed by atoms with Gasteiger partial charge in [-0.25, -0.2) is 9.18 Å². The number of methoxy groups -OCH3 is 1. The summed E-state index contributed by atoms with van der Waals surface area (Å²) in [5, 5.41) is 3.16. The Labute approximate surface area is 123 Å². The van der Waals surface area contributed by atoms with E-state index in [2.05, 4.69) is 5.32 Å². The SMILES string of the molecule is COC(=O)C(Nc1ccccc1C)c1ccc(F)c(C)c1. The molecule has 4 heteroatoms. The molecule has 2 aromatic rings. The van der Waals surface area contributed by atoms with E-state index in [1.165, 1.54) is 13.2 Å². The van der Waals surface area contributed by atoms with Gasteiger partial charge in [-0.3, -0.25) is 0 Å². The van der Waals surface area contributed by atoms with Gasteiger partial charge in [0.1, 0.15) is 5.82 Å². The lowest BCUT2D eigenvalue weighted by Gasteiger charge is -2.20. The molecule has 0 heterocycles. The van der Waals surface area contributed by atoms with Gasteiger partial charge in [-0.2, -0.15) is 0 Å². The Hall–Kier alpha value is -2.36.